The van der Waals surface area contributed by atoms with Gasteiger partial charge in [-0.05, 0) is 12.0 Å². The van der Waals surface area contributed by atoms with E-state index < -0.39 is 0 Å². The molecular weight excluding hydrogens is 320 g/mol. The molecule has 2 aromatic carbocycles. The van der Waals surface area contributed by atoms with Crippen LogP contribution in [0.4, 0.5) is 0 Å². The molecule has 0 saturated carbocycles. The van der Waals surface area contributed by atoms with Crippen LogP contribution >= 0.6 is 0 Å². The third-order valence-corrected chi connectivity index (χ3v) is 4.59. The number of hydrogen-bond acceptors (Lipinski definition) is 3. The molecule has 4 nitrogen and oxygen atoms in total. The first-order chi connectivity index (χ1) is 12.9. The van der Waals surface area contributed by atoms with Crippen molar-refractivity contribution in [3.05, 3.63) is 78.2 Å². The lowest BCUT2D eigenvalue weighted by molar-refractivity contribution is 0.647. The van der Waals surface area contributed by atoms with E-state index >= 15 is 0 Å². The highest BCUT2D eigenvalue weighted by molar-refractivity contribution is 5.79. The minimum absolute atomic E-state index is 0.763. The molecule has 2 heterocycles. The maximum atomic E-state index is 4.97. The minimum atomic E-state index is 0.763. The topological polar surface area (TPSA) is 43.6 Å². The Kier molecular flexibility index (Phi) is 4.73. The summed E-state index contributed by atoms with van der Waals surface area (Å²) in [7, 11) is 0. The second kappa shape index (κ2) is 7.48. The van der Waals surface area contributed by atoms with Gasteiger partial charge in [0.05, 0.1) is 5.69 Å². The molecule has 0 atom stereocenters. The smallest absolute Gasteiger partial charge is 0.163 e. The van der Waals surface area contributed by atoms with Gasteiger partial charge in [-0.1, -0.05) is 74.0 Å². The largest absolute Gasteiger partial charge is 0.309 e. The zero-order valence-electron chi connectivity index (χ0n) is 15.0. The van der Waals surface area contributed by atoms with Crippen LogP contribution < -0.4 is 0 Å². The number of hydrogen-bond donors (Lipinski definition) is 0. The van der Waals surface area contributed by atoms with Crippen LogP contribution in [0, 0.1) is 0 Å². The van der Waals surface area contributed by atoms with Crippen LogP contribution in [0.25, 0.3) is 22.6 Å². The van der Waals surface area contributed by atoms with E-state index in [9.17, 15) is 0 Å². The Morgan fingerprint density at radius 3 is 2.35 bits per heavy atom. The molecular formula is C22H22N4. The number of aryl methyl sites for hydroxylation is 1. The molecule has 0 spiro atoms. The Morgan fingerprint density at radius 1 is 0.885 bits per heavy atom. The lowest BCUT2D eigenvalue weighted by Gasteiger charge is -2.08. The third-order valence-electron chi connectivity index (χ3n) is 4.59. The maximum Gasteiger partial charge on any atom is 0.163 e. The molecule has 0 amide bonds. The van der Waals surface area contributed by atoms with Gasteiger partial charge < -0.3 is 4.57 Å². The number of fused-ring (bicyclic) bond motifs is 1. The van der Waals surface area contributed by atoms with Gasteiger partial charge >= 0.3 is 0 Å². The van der Waals surface area contributed by atoms with Crippen molar-refractivity contribution in [1.29, 1.82) is 0 Å². The summed E-state index contributed by atoms with van der Waals surface area (Å²) < 4.78 is 2.24. The van der Waals surface area contributed by atoms with Gasteiger partial charge in [0.25, 0.3) is 0 Å². The van der Waals surface area contributed by atoms with Crippen molar-refractivity contribution >= 4 is 11.2 Å². The van der Waals surface area contributed by atoms with Gasteiger partial charge in [0, 0.05) is 18.5 Å². The molecule has 2 aromatic heterocycles. The first kappa shape index (κ1) is 16.5. The van der Waals surface area contributed by atoms with Crippen molar-refractivity contribution < 1.29 is 0 Å². The predicted molar refractivity (Wildman–Crippen MR) is 105 cm³/mol. The highest BCUT2D eigenvalue weighted by atomic mass is 15.1. The highest BCUT2D eigenvalue weighted by Gasteiger charge is 2.17. The second-order valence-electron chi connectivity index (χ2n) is 6.46. The number of nitrogens with zero attached hydrogens (tertiary/aromatic N) is 4. The monoisotopic (exact) mass is 342 g/mol. The van der Waals surface area contributed by atoms with Gasteiger partial charge in [-0.2, -0.15) is 0 Å². The summed E-state index contributed by atoms with van der Waals surface area (Å²) in [5, 5.41) is 0. The molecule has 0 aliphatic carbocycles. The molecule has 0 unspecified atom stereocenters. The van der Waals surface area contributed by atoms with Crippen LogP contribution in [0.3, 0.4) is 0 Å². The van der Waals surface area contributed by atoms with E-state index in [0.29, 0.717) is 0 Å². The molecule has 4 rings (SSSR count). The molecule has 130 valence electrons. The van der Waals surface area contributed by atoms with E-state index in [1.165, 1.54) is 5.56 Å². The molecule has 0 aliphatic heterocycles. The first-order valence-electron chi connectivity index (χ1n) is 9.16. The second-order valence-corrected chi connectivity index (χ2v) is 6.46. The summed E-state index contributed by atoms with van der Waals surface area (Å²) in [6.45, 7) is 3.12. The fourth-order valence-electron chi connectivity index (χ4n) is 3.24. The summed E-state index contributed by atoms with van der Waals surface area (Å²) in [6.07, 6.45) is 4.66. The van der Waals surface area contributed by atoms with Gasteiger partial charge in [-0.15, -0.1) is 0 Å². The summed E-state index contributed by atoms with van der Waals surface area (Å²) in [4.78, 5) is 14.1. The van der Waals surface area contributed by atoms with E-state index in [0.717, 1.165) is 54.1 Å². The highest BCUT2D eigenvalue weighted by Crippen LogP contribution is 2.26. The third kappa shape index (κ3) is 3.23. The zero-order chi connectivity index (χ0) is 17.8. The molecule has 0 aliphatic rings. The fraction of sp³-hybridized carbons (Fsp3) is 0.227. The van der Waals surface area contributed by atoms with Gasteiger partial charge in [-0.3, -0.25) is 0 Å². The van der Waals surface area contributed by atoms with Crippen LogP contribution in [0.1, 0.15) is 31.0 Å². The summed E-state index contributed by atoms with van der Waals surface area (Å²) in [5.74, 6) is 0.976. The lowest BCUT2D eigenvalue weighted by atomic mass is 10.1. The van der Waals surface area contributed by atoms with Gasteiger partial charge in [0.2, 0.25) is 0 Å². The van der Waals surface area contributed by atoms with Gasteiger partial charge in [0.1, 0.15) is 17.7 Å². The molecule has 4 aromatic rings. The summed E-state index contributed by atoms with van der Waals surface area (Å²) in [5.41, 5.74) is 5.17. The average molecular weight is 342 g/mol. The Labute approximate surface area is 153 Å². The lowest BCUT2D eigenvalue weighted by Crippen LogP contribution is -2.02. The van der Waals surface area contributed by atoms with E-state index in [2.05, 4.69) is 70.0 Å². The Bertz CT molecular complexity index is 991. The Hall–Kier alpha value is -3.01. The van der Waals surface area contributed by atoms with Crippen LogP contribution in [0.15, 0.2) is 67.0 Å². The summed E-state index contributed by atoms with van der Waals surface area (Å²) in [6, 6.07) is 20.7. The molecule has 0 saturated heterocycles. The maximum absolute atomic E-state index is 4.97. The summed E-state index contributed by atoms with van der Waals surface area (Å²) >= 11 is 0. The molecule has 4 heteroatoms. The molecule has 0 radical (unpaired) electrons. The van der Waals surface area contributed by atoms with E-state index in [4.69, 9.17) is 4.98 Å². The van der Waals surface area contributed by atoms with Crippen LogP contribution in [0.2, 0.25) is 0 Å². The Morgan fingerprint density at radius 2 is 1.62 bits per heavy atom. The number of imidazole rings is 1. The number of aromatic nitrogens is 4. The van der Waals surface area contributed by atoms with Crippen molar-refractivity contribution in [3.63, 3.8) is 0 Å². The van der Waals surface area contributed by atoms with Gasteiger partial charge in [-0.25, -0.2) is 15.0 Å². The van der Waals surface area contributed by atoms with Crippen LogP contribution in [-0.4, -0.2) is 19.5 Å². The Balaban J connectivity index is 1.84. The fourth-order valence-corrected chi connectivity index (χ4v) is 3.24. The van der Waals surface area contributed by atoms with Crippen molar-refractivity contribution in [2.24, 2.45) is 0 Å². The quantitative estimate of drug-likeness (QED) is 0.501. The first-order valence-corrected chi connectivity index (χ1v) is 9.16. The van der Waals surface area contributed by atoms with E-state index in [-0.39, 0.29) is 0 Å². The normalized spacial score (nSPS) is 11.1. The van der Waals surface area contributed by atoms with Crippen molar-refractivity contribution in [2.75, 3.05) is 0 Å². The van der Waals surface area contributed by atoms with E-state index in [1.54, 1.807) is 6.33 Å². The van der Waals surface area contributed by atoms with E-state index in [1.807, 2.05) is 12.1 Å². The number of rotatable bonds is 6. The molecule has 0 fully saturated rings. The van der Waals surface area contributed by atoms with Gasteiger partial charge in [0.15, 0.2) is 5.65 Å². The minimum Gasteiger partial charge on any atom is -0.309 e. The standard InChI is InChI=1S/C22H22N4/c1-2-3-14-26-21(18-12-8-5-9-13-18)25-20-19(23-16-24-22(20)26)15-17-10-6-4-7-11-17/h4-13,16H,2-3,14-15H2,1H3. The molecule has 0 N–H and O–H groups in total. The average Bonchev–Trinajstić information content (AvgIpc) is 3.07. The van der Waals surface area contributed by atoms with Crippen LogP contribution in [-0.2, 0) is 13.0 Å². The number of benzene rings is 2. The SMILES string of the molecule is CCCCn1c(-c2ccccc2)nc2c(Cc3ccccc3)ncnc21. The predicted octanol–water partition coefficient (Wildman–Crippen LogP) is 4.88. The van der Waals surface area contributed by atoms with Crippen molar-refractivity contribution in [3.8, 4) is 11.4 Å². The van der Waals surface area contributed by atoms with Crippen molar-refractivity contribution in [2.45, 2.75) is 32.7 Å². The van der Waals surface area contributed by atoms with Crippen LogP contribution in [0.5, 0.6) is 0 Å². The van der Waals surface area contributed by atoms with Crippen molar-refractivity contribution in [1.82, 2.24) is 19.5 Å². The molecule has 0 bridgehead atoms. The zero-order valence-corrected chi connectivity index (χ0v) is 15.0. The number of unbranched alkanes of at least 4 members (excludes halogenated alkanes) is 1. The molecule has 26 heavy (non-hydrogen) atoms.